The van der Waals surface area contributed by atoms with E-state index in [0.29, 0.717) is 32.1 Å². The molecular weight excluding hydrogens is 419 g/mol. The Morgan fingerprint density at radius 3 is 2.39 bits per heavy atom. The zero-order chi connectivity index (χ0) is 19.7. The molecule has 0 unspecified atom stereocenters. The number of rotatable bonds is 4. The zero-order valence-electron chi connectivity index (χ0n) is 14.4. The number of carbonyl (C=O) groups excluding carboxylic acids is 1. The van der Waals surface area contributed by atoms with Crippen LogP contribution in [-0.4, -0.2) is 5.78 Å². The zero-order valence-corrected chi connectivity index (χ0v) is 16.7. The maximum atomic E-state index is 12.5. The van der Waals surface area contributed by atoms with Crippen LogP contribution in [0.5, 0.6) is 11.5 Å². The van der Waals surface area contributed by atoms with E-state index < -0.39 is 0 Å². The Morgan fingerprint density at radius 1 is 0.893 bits per heavy atom. The van der Waals surface area contributed by atoms with Crippen molar-refractivity contribution < 1.29 is 14.3 Å². The first-order valence-electron chi connectivity index (χ1n) is 8.40. The summed E-state index contributed by atoms with van der Waals surface area (Å²) in [6, 6.07) is 17.5. The van der Waals surface area contributed by atoms with Crippen LogP contribution in [0, 0.1) is 0 Å². The van der Waals surface area contributed by atoms with E-state index in [-0.39, 0.29) is 18.1 Å². The second kappa shape index (κ2) is 7.88. The van der Waals surface area contributed by atoms with Crippen LogP contribution in [0.4, 0.5) is 0 Å². The van der Waals surface area contributed by atoms with Crippen molar-refractivity contribution in [2.75, 3.05) is 0 Å². The van der Waals surface area contributed by atoms with Crippen LogP contribution in [0.25, 0.3) is 6.08 Å². The molecule has 3 aromatic carbocycles. The molecule has 28 heavy (non-hydrogen) atoms. The summed E-state index contributed by atoms with van der Waals surface area (Å²) in [7, 11) is 0. The molecule has 3 aromatic rings. The number of Topliss-reactive ketones (excluding diaryl/α,β-unsaturated/α-hetero) is 1. The van der Waals surface area contributed by atoms with E-state index in [2.05, 4.69) is 0 Å². The molecule has 1 aliphatic heterocycles. The van der Waals surface area contributed by atoms with E-state index in [1.54, 1.807) is 48.5 Å². The summed E-state index contributed by atoms with van der Waals surface area (Å²) in [5.41, 5.74) is 2.14. The van der Waals surface area contributed by atoms with Gasteiger partial charge in [0.25, 0.3) is 0 Å². The van der Waals surface area contributed by atoms with Gasteiger partial charge in [-0.1, -0.05) is 53.0 Å². The molecule has 0 N–H and O–H groups in total. The molecule has 0 spiro atoms. The second-order valence-corrected chi connectivity index (χ2v) is 7.45. The van der Waals surface area contributed by atoms with E-state index in [1.807, 2.05) is 18.2 Å². The lowest BCUT2D eigenvalue weighted by Gasteiger charge is -2.09. The molecule has 0 saturated heterocycles. The van der Waals surface area contributed by atoms with Gasteiger partial charge in [0.1, 0.15) is 18.1 Å². The van der Waals surface area contributed by atoms with Gasteiger partial charge in [0, 0.05) is 26.7 Å². The molecule has 6 heteroatoms. The molecule has 0 atom stereocenters. The third kappa shape index (κ3) is 4.02. The van der Waals surface area contributed by atoms with Gasteiger partial charge in [-0.2, -0.15) is 0 Å². The quantitative estimate of drug-likeness (QED) is 0.424. The number of fused-ring (bicyclic) bond motifs is 1. The number of halogens is 3. The highest BCUT2D eigenvalue weighted by molar-refractivity contribution is 6.35. The van der Waals surface area contributed by atoms with Crippen LogP contribution < -0.4 is 9.47 Å². The van der Waals surface area contributed by atoms with Gasteiger partial charge >= 0.3 is 0 Å². The van der Waals surface area contributed by atoms with Crippen LogP contribution in [0.1, 0.15) is 21.5 Å². The maximum absolute atomic E-state index is 12.5. The van der Waals surface area contributed by atoms with Crippen LogP contribution in [0.2, 0.25) is 15.1 Å². The fourth-order valence-corrected chi connectivity index (χ4v) is 3.36. The van der Waals surface area contributed by atoms with Crippen molar-refractivity contribution in [1.29, 1.82) is 0 Å². The van der Waals surface area contributed by atoms with Crippen LogP contribution in [-0.2, 0) is 6.61 Å². The summed E-state index contributed by atoms with van der Waals surface area (Å²) in [6.45, 7) is 0.274. The summed E-state index contributed by atoms with van der Waals surface area (Å²) in [6.07, 6.45) is 1.69. The first-order chi connectivity index (χ1) is 13.5. The normalized spacial score (nSPS) is 14.1. The molecule has 0 bridgehead atoms. The molecule has 1 heterocycles. The molecule has 3 nitrogen and oxygen atoms in total. The highest BCUT2D eigenvalue weighted by Crippen LogP contribution is 2.35. The second-order valence-electron chi connectivity index (χ2n) is 6.17. The molecule has 0 radical (unpaired) electrons. The van der Waals surface area contributed by atoms with Gasteiger partial charge in [-0.05, 0) is 48.0 Å². The van der Waals surface area contributed by atoms with E-state index in [1.165, 1.54) is 0 Å². The highest BCUT2D eigenvalue weighted by atomic mass is 35.5. The fraction of sp³-hybridized carbons (Fsp3) is 0.0455. The summed E-state index contributed by atoms with van der Waals surface area (Å²) >= 11 is 18.0. The van der Waals surface area contributed by atoms with Crippen LogP contribution in [0.3, 0.4) is 0 Å². The van der Waals surface area contributed by atoms with Gasteiger partial charge in [0.15, 0.2) is 5.76 Å². The smallest absolute Gasteiger partial charge is 0.231 e. The number of allylic oxidation sites excluding steroid dienone is 1. The van der Waals surface area contributed by atoms with Crippen molar-refractivity contribution >= 4 is 46.7 Å². The minimum absolute atomic E-state index is 0.169. The molecule has 0 fully saturated rings. The van der Waals surface area contributed by atoms with Crippen molar-refractivity contribution in [3.8, 4) is 11.5 Å². The lowest BCUT2D eigenvalue weighted by Crippen LogP contribution is -1.98. The van der Waals surface area contributed by atoms with Gasteiger partial charge in [-0.25, -0.2) is 0 Å². The largest absolute Gasteiger partial charge is 0.489 e. The Morgan fingerprint density at radius 2 is 1.64 bits per heavy atom. The number of benzene rings is 3. The van der Waals surface area contributed by atoms with E-state index in [0.717, 1.165) is 11.1 Å². The molecule has 140 valence electrons. The molecular formula is C22H13Cl3O3. The highest BCUT2D eigenvalue weighted by Gasteiger charge is 2.27. The summed E-state index contributed by atoms with van der Waals surface area (Å²) in [5, 5.41) is 1.73. The van der Waals surface area contributed by atoms with Crippen LogP contribution >= 0.6 is 34.8 Å². The maximum Gasteiger partial charge on any atom is 0.231 e. The van der Waals surface area contributed by atoms with E-state index in [9.17, 15) is 4.79 Å². The molecule has 0 aromatic heterocycles. The Hall–Kier alpha value is -2.46. The summed E-state index contributed by atoms with van der Waals surface area (Å²) in [4.78, 5) is 12.5. The predicted octanol–water partition coefficient (Wildman–Crippen LogP) is 6.84. The third-order valence-electron chi connectivity index (χ3n) is 4.22. The number of hydrogen-bond acceptors (Lipinski definition) is 3. The molecule has 1 aliphatic rings. The van der Waals surface area contributed by atoms with Gasteiger partial charge in [0.2, 0.25) is 5.78 Å². The Labute approximate surface area is 177 Å². The van der Waals surface area contributed by atoms with Gasteiger partial charge < -0.3 is 9.47 Å². The molecule has 4 rings (SSSR count). The fourth-order valence-electron chi connectivity index (χ4n) is 2.77. The SMILES string of the molecule is O=C1C(=Cc2ccc(Cl)cc2)Oc2cc(OCc3ccc(Cl)cc3Cl)ccc21. The van der Waals surface area contributed by atoms with Gasteiger partial charge in [-0.3, -0.25) is 4.79 Å². The number of hydrogen-bond donors (Lipinski definition) is 0. The monoisotopic (exact) mass is 430 g/mol. The van der Waals surface area contributed by atoms with Crippen molar-refractivity contribution in [1.82, 2.24) is 0 Å². The average Bonchev–Trinajstić information content (AvgIpc) is 2.98. The Balaban J connectivity index is 1.51. The summed E-state index contributed by atoms with van der Waals surface area (Å²) < 4.78 is 11.5. The molecule has 0 saturated carbocycles. The molecule has 0 aliphatic carbocycles. The predicted molar refractivity (Wildman–Crippen MR) is 112 cm³/mol. The van der Waals surface area contributed by atoms with Gasteiger partial charge in [0.05, 0.1) is 5.56 Å². The first-order valence-corrected chi connectivity index (χ1v) is 9.53. The Bertz CT molecular complexity index is 1090. The molecule has 0 amide bonds. The number of ketones is 1. The lowest BCUT2D eigenvalue weighted by atomic mass is 10.1. The minimum atomic E-state index is -0.169. The Kier molecular flexibility index (Phi) is 5.31. The lowest BCUT2D eigenvalue weighted by molar-refractivity contribution is 0.101. The summed E-state index contributed by atoms with van der Waals surface area (Å²) in [5.74, 6) is 1.13. The van der Waals surface area contributed by atoms with Crippen molar-refractivity contribution in [3.63, 3.8) is 0 Å². The first kappa shape index (κ1) is 18.9. The number of ether oxygens (including phenoxy) is 2. The minimum Gasteiger partial charge on any atom is -0.489 e. The number of carbonyl (C=O) groups is 1. The standard InChI is InChI=1S/C22H13Cl3O3/c23-15-4-1-13(2-5-15)9-21-22(26)18-8-7-17(11-20(18)28-21)27-12-14-3-6-16(24)10-19(14)25/h1-11H,12H2. The van der Waals surface area contributed by atoms with Crippen molar-refractivity contribution in [2.24, 2.45) is 0 Å². The van der Waals surface area contributed by atoms with Crippen molar-refractivity contribution in [3.05, 3.63) is 98.2 Å². The van der Waals surface area contributed by atoms with Gasteiger partial charge in [-0.15, -0.1) is 0 Å². The van der Waals surface area contributed by atoms with Crippen molar-refractivity contribution in [2.45, 2.75) is 6.61 Å². The topological polar surface area (TPSA) is 35.5 Å². The average molecular weight is 432 g/mol. The van der Waals surface area contributed by atoms with E-state index >= 15 is 0 Å². The van der Waals surface area contributed by atoms with E-state index in [4.69, 9.17) is 44.3 Å². The third-order valence-corrected chi connectivity index (χ3v) is 5.06. The van der Waals surface area contributed by atoms with Crippen LogP contribution in [0.15, 0.2) is 66.4 Å².